The second-order valence-electron chi connectivity index (χ2n) is 7.90. The topological polar surface area (TPSA) is 94.7 Å². The van der Waals surface area contributed by atoms with E-state index >= 15 is 0 Å². The van der Waals surface area contributed by atoms with E-state index in [9.17, 15) is 0 Å². The Bertz CT molecular complexity index is 1440. The third-order valence-corrected chi connectivity index (χ3v) is 5.93. The predicted molar refractivity (Wildman–Crippen MR) is 118 cm³/mol. The molecule has 1 aromatic carbocycles. The first-order valence-electron chi connectivity index (χ1n) is 10.1. The number of methoxy groups -OCH3 is 1. The number of benzene rings is 1. The zero-order valence-electron chi connectivity index (χ0n) is 18.5. The number of aryl methyl sites for hydroxylation is 4. The van der Waals surface area contributed by atoms with E-state index in [0.29, 0.717) is 6.42 Å². The highest BCUT2D eigenvalue weighted by atomic mass is 16.5. The Kier molecular flexibility index (Phi) is 4.32. The Hall–Kier alpha value is -3.68. The molecule has 0 aliphatic heterocycles. The van der Waals surface area contributed by atoms with Crippen LogP contribution in [-0.4, -0.2) is 36.8 Å². The van der Waals surface area contributed by atoms with Gasteiger partial charge < -0.3 is 18.8 Å². The smallest absolute Gasteiger partial charge is 0.142 e. The zero-order chi connectivity index (χ0) is 21.9. The van der Waals surface area contributed by atoms with Crippen molar-refractivity contribution in [1.82, 2.24) is 29.7 Å². The second-order valence-corrected chi connectivity index (χ2v) is 7.90. The maximum Gasteiger partial charge on any atom is 0.142 e. The molecule has 0 aliphatic rings. The number of nitrogens with one attached hydrogen (secondary N) is 1. The predicted octanol–water partition coefficient (Wildman–Crippen LogP) is 4.33. The molecular weight excluding hydrogens is 392 g/mol. The lowest BCUT2D eigenvalue weighted by Crippen LogP contribution is -2.03. The molecule has 4 aromatic heterocycles. The minimum absolute atomic E-state index is 0.665. The summed E-state index contributed by atoms with van der Waals surface area (Å²) < 4.78 is 13.3. The normalized spacial score (nSPS) is 11.7. The molecule has 0 atom stereocenters. The summed E-state index contributed by atoms with van der Waals surface area (Å²) in [4.78, 5) is 17.4. The molecule has 0 saturated heterocycles. The van der Waals surface area contributed by atoms with Crippen LogP contribution in [-0.2, 0) is 13.5 Å². The molecule has 0 bridgehead atoms. The number of ether oxygens (including phenoxy) is 1. The summed E-state index contributed by atoms with van der Waals surface area (Å²) >= 11 is 0. The lowest BCUT2D eigenvalue weighted by molar-refractivity contribution is 0.393. The summed E-state index contributed by atoms with van der Waals surface area (Å²) in [6.07, 6.45) is 2.57. The Morgan fingerprint density at radius 2 is 1.94 bits per heavy atom. The van der Waals surface area contributed by atoms with E-state index in [-0.39, 0.29) is 0 Å². The van der Waals surface area contributed by atoms with Crippen molar-refractivity contribution >= 4 is 21.9 Å². The molecule has 0 spiro atoms. The van der Waals surface area contributed by atoms with Crippen LogP contribution in [0.3, 0.4) is 0 Å². The molecule has 0 unspecified atom stereocenters. The maximum absolute atomic E-state index is 5.77. The number of fused-ring (bicyclic) bond motifs is 3. The average molecular weight is 416 g/mol. The van der Waals surface area contributed by atoms with Crippen molar-refractivity contribution in [2.24, 2.45) is 7.05 Å². The third-order valence-electron chi connectivity index (χ3n) is 5.93. The standard InChI is InChI=1S/C23H24N6O2/c1-11-21(12(2)31-28-11)17-8-18-16(9-20(17)30-6)22-19(25-13(3)26-23(22)27-18)7-15-10-24-14(4)29(15)5/h8-10H,7H2,1-6H3,(H,25,26,27). The van der Waals surface area contributed by atoms with E-state index in [1.165, 1.54) is 0 Å². The van der Waals surface area contributed by atoms with Crippen LogP contribution in [0.4, 0.5) is 0 Å². The molecule has 5 aromatic rings. The molecule has 0 amide bonds. The van der Waals surface area contributed by atoms with E-state index in [1.54, 1.807) is 7.11 Å². The van der Waals surface area contributed by atoms with Gasteiger partial charge >= 0.3 is 0 Å². The Balaban J connectivity index is 1.77. The van der Waals surface area contributed by atoms with Gasteiger partial charge in [0.15, 0.2) is 0 Å². The van der Waals surface area contributed by atoms with Gasteiger partial charge in [0.05, 0.1) is 24.1 Å². The Labute approximate surface area is 179 Å². The summed E-state index contributed by atoms with van der Waals surface area (Å²) in [5.74, 6) is 3.22. The molecular formula is C23H24N6O2. The lowest BCUT2D eigenvalue weighted by Gasteiger charge is -2.10. The van der Waals surface area contributed by atoms with Gasteiger partial charge in [-0.2, -0.15) is 0 Å². The van der Waals surface area contributed by atoms with Crippen LogP contribution < -0.4 is 4.74 Å². The molecule has 0 fully saturated rings. The number of rotatable bonds is 4. The lowest BCUT2D eigenvalue weighted by atomic mass is 10.00. The summed E-state index contributed by atoms with van der Waals surface area (Å²) in [6, 6.07) is 4.13. The molecule has 31 heavy (non-hydrogen) atoms. The van der Waals surface area contributed by atoms with Crippen LogP contribution in [0, 0.1) is 27.7 Å². The first-order chi connectivity index (χ1) is 14.9. The van der Waals surface area contributed by atoms with Crippen molar-refractivity contribution < 1.29 is 9.26 Å². The molecule has 1 N–H and O–H groups in total. The number of hydrogen-bond acceptors (Lipinski definition) is 6. The van der Waals surface area contributed by atoms with E-state index < -0.39 is 0 Å². The minimum atomic E-state index is 0.665. The van der Waals surface area contributed by atoms with Crippen LogP contribution in [0.1, 0.15) is 34.5 Å². The fourth-order valence-corrected chi connectivity index (χ4v) is 4.27. The van der Waals surface area contributed by atoms with E-state index in [4.69, 9.17) is 14.2 Å². The van der Waals surface area contributed by atoms with Gasteiger partial charge in [-0.3, -0.25) is 0 Å². The molecule has 8 heteroatoms. The van der Waals surface area contributed by atoms with E-state index in [2.05, 4.69) is 30.7 Å². The zero-order valence-corrected chi connectivity index (χ0v) is 18.5. The van der Waals surface area contributed by atoms with Gasteiger partial charge in [-0.05, 0) is 39.8 Å². The van der Waals surface area contributed by atoms with Gasteiger partial charge in [0.2, 0.25) is 0 Å². The van der Waals surface area contributed by atoms with Crippen molar-refractivity contribution in [2.45, 2.75) is 34.1 Å². The summed E-state index contributed by atoms with van der Waals surface area (Å²) in [7, 11) is 3.70. The highest BCUT2D eigenvalue weighted by Gasteiger charge is 2.21. The number of aromatic nitrogens is 6. The summed E-state index contributed by atoms with van der Waals surface area (Å²) in [5.41, 5.74) is 6.56. The monoisotopic (exact) mass is 416 g/mol. The molecule has 0 radical (unpaired) electrons. The van der Waals surface area contributed by atoms with Crippen molar-refractivity contribution in [1.29, 1.82) is 0 Å². The van der Waals surface area contributed by atoms with Crippen molar-refractivity contribution in [3.8, 4) is 16.9 Å². The highest BCUT2D eigenvalue weighted by Crippen LogP contribution is 2.40. The summed E-state index contributed by atoms with van der Waals surface area (Å²) in [6.45, 7) is 7.76. The second kappa shape index (κ2) is 6.94. The SMILES string of the molecule is COc1cc2c(cc1-c1c(C)noc1C)[nH]c1nc(C)nc(Cc3cnc(C)n3C)c12. The van der Waals surface area contributed by atoms with Crippen LogP contribution in [0.2, 0.25) is 0 Å². The maximum atomic E-state index is 5.77. The van der Waals surface area contributed by atoms with Gasteiger partial charge in [-0.25, -0.2) is 15.0 Å². The van der Waals surface area contributed by atoms with Crippen LogP contribution in [0.5, 0.6) is 5.75 Å². The van der Waals surface area contributed by atoms with E-state index in [0.717, 1.165) is 73.3 Å². The van der Waals surface area contributed by atoms with Gasteiger partial charge in [0, 0.05) is 47.2 Å². The van der Waals surface area contributed by atoms with Crippen LogP contribution in [0.15, 0.2) is 22.9 Å². The van der Waals surface area contributed by atoms with Gasteiger partial charge in [0.1, 0.15) is 28.8 Å². The number of aromatic amines is 1. The van der Waals surface area contributed by atoms with Gasteiger partial charge in [-0.15, -0.1) is 0 Å². The number of hydrogen-bond donors (Lipinski definition) is 1. The average Bonchev–Trinajstić information content (AvgIpc) is 3.36. The van der Waals surface area contributed by atoms with E-state index in [1.807, 2.05) is 47.0 Å². The van der Waals surface area contributed by atoms with Gasteiger partial charge in [0.25, 0.3) is 0 Å². The molecule has 158 valence electrons. The first kappa shape index (κ1) is 19.3. The molecule has 5 rings (SSSR count). The number of H-pyrrole nitrogens is 1. The Morgan fingerprint density at radius 1 is 1.13 bits per heavy atom. The largest absolute Gasteiger partial charge is 0.496 e. The first-order valence-corrected chi connectivity index (χ1v) is 10.1. The quantitative estimate of drug-likeness (QED) is 0.468. The van der Waals surface area contributed by atoms with Crippen molar-refractivity contribution in [3.63, 3.8) is 0 Å². The summed E-state index contributed by atoms with van der Waals surface area (Å²) in [5, 5.41) is 6.13. The van der Waals surface area contributed by atoms with Crippen LogP contribution >= 0.6 is 0 Å². The van der Waals surface area contributed by atoms with Gasteiger partial charge in [-0.1, -0.05) is 5.16 Å². The van der Waals surface area contributed by atoms with Crippen molar-refractivity contribution in [3.05, 3.63) is 52.8 Å². The minimum Gasteiger partial charge on any atom is -0.496 e. The molecule has 0 saturated carbocycles. The number of nitrogens with zero attached hydrogens (tertiary/aromatic N) is 5. The molecule has 8 nitrogen and oxygen atoms in total. The van der Waals surface area contributed by atoms with Crippen molar-refractivity contribution in [2.75, 3.05) is 7.11 Å². The molecule has 0 aliphatic carbocycles. The fraction of sp³-hybridized carbons (Fsp3) is 0.304. The fourth-order valence-electron chi connectivity index (χ4n) is 4.27. The third kappa shape index (κ3) is 2.98. The molecule has 4 heterocycles. The van der Waals surface area contributed by atoms with Crippen LogP contribution in [0.25, 0.3) is 33.1 Å². The number of imidazole rings is 1. The Morgan fingerprint density at radius 3 is 2.58 bits per heavy atom. The highest BCUT2D eigenvalue weighted by molar-refractivity contribution is 6.09.